The highest BCUT2D eigenvalue weighted by molar-refractivity contribution is 5.99. The fourth-order valence-electron chi connectivity index (χ4n) is 4.61. The number of aromatic amines is 1. The van der Waals surface area contributed by atoms with Crippen molar-refractivity contribution in [2.45, 2.75) is 84.3 Å². The second-order valence-corrected chi connectivity index (χ2v) is 10.7. The van der Waals surface area contributed by atoms with Crippen LogP contribution in [-0.4, -0.2) is 31.9 Å². The Morgan fingerprint density at radius 1 is 1.09 bits per heavy atom. The summed E-state index contributed by atoms with van der Waals surface area (Å²) in [5.41, 5.74) is 1.70. The predicted molar refractivity (Wildman–Crippen MR) is 137 cm³/mol. The molecule has 1 aliphatic carbocycles. The number of benzene rings is 1. The Labute approximate surface area is 205 Å². The Morgan fingerprint density at radius 2 is 1.74 bits per heavy atom. The first-order valence-corrected chi connectivity index (χ1v) is 12.4. The molecule has 1 fully saturated rings. The molecule has 2 amide bonds. The number of rotatable bonds is 5. The standard InChI is InChI=1S/C27H35N5O3/c1-16-11-12-21-22(13-16)30-24(29-21)17(2)28-25(34)19-14-32(18-9-7-6-8-10-18)15-20(23(19)33)26(35)31-27(3,4)5/h11-15,17-18H,6-10H2,1-5H3,(H,28,34)(H,29,30)(H,31,35). The lowest BCUT2D eigenvalue weighted by Crippen LogP contribution is -2.43. The van der Waals surface area contributed by atoms with Gasteiger partial charge in [-0.15, -0.1) is 0 Å². The number of aromatic nitrogens is 3. The molecule has 4 rings (SSSR count). The fraction of sp³-hybridized carbons (Fsp3) is 0.481. The van der Waals surface area contributed by atoms with Crippen molar-refractivity contribution in [1.82, 2.24) is 25.2 Å². The van der Waals surface area contributed by atoms with Gasteiger partial charge in [-0.2, -0.15) is 0 Å². The second-order valence-electron chi connectivity index (χ2n) is 10.7. The van der Waals surface area contributed by atoms with Crippen molar-refractivity contribution < 1.29 is 9.59 Å². The third kappa shape index (κ3) is 5.63. The molecular formula is C27H35N5O3. The molecule has 1 unspecified atom stereocenters. The van der Waals surface area contributed by atoms with E-state index in [0.717, 1.165) is 42.3 Å². The van der Waals surface area contributed by atoms with Crippen LogP contribution in [0.4, 0.5) is 0 Å². The first kappa shape index (κ1) is 24.7. The van der Waals surface area contributed by atoms with Gasteiger partial charge in [0.05, 0.1) is 17.1 Å². The van der Waals surface area contributed by atoms with E-state index in [9.17, 15) is 14.4 Å². The number of hydrogen-bond donors (Lipinski definition) is 3. The Morgan fingerprint density at radius 3 is 2.40 bits per heavy atom. The summed E-state index contributed by atoms with van der Waals surface area (Å²) in [4.78, 5) is 47.5. The molecule has 8 heteroatoms. The molecule has 2 aromatic heterocycles. The van der Waals surface area contributed by atoms with Crippen molar-refractivity contribution in [3.63, 3.8) is 0 Å². The normalized spacial score (nSPS) is 15.7. The van der Waals surface area contributed by atoms with Gasteiger partial charge in [0, 0.05) is 24.0 Å². The van der Waals surface area contributed by atoms with E-state index in [0.29, 0.717) is 5.82 Å². The minimum absolute atomic E-state index is 0.00925. The fourth-order valence-corrected chi connectivity index (χ4v) is 4.61. The van der Waals surface area contributed by atoms with Gasteiger partial charge in [0.2, 0.25) is 5.43 Å². The Bertz CT molecular complexity index is 1310. The molecule has 3 N–H and O–H groups in total. The highest BCUT2D eigenvalue weighted by Crippen LogP contribution is 2.28. The van der Waals surface area contributed by atoms with Crippen LogP contribution in [0.2, 0.25) is 0 Å². The number of carbonyl (C=O) groups excluding carboxylic acids is 2. The van der Waals surface area contributed by atoms with Gasteiger partial charge in [0.15, 0.2) is 0 Å². The van der Waals surface area contributed by atoms with Crippen molar-refractivity contribution in [2.75, 3.05) is 0 Å². The summed E-state index contributed by atoms with van der Waals surface area (Å²) >= 11 is 0. The van der Waals surface area contributed by atoms with Gasteiger partial charge in [-0.3, -0.25) is 14.4 Å². The first-order valence-electron chi connectivity index (χ1n) is 12.4. The summed E-state index contributed by atoms with van der Waals surface area (Å²) in [7, 11) is 0. The van der Waals surface area contributed by atoms with Crippen LogP contribution in [0, 0.1) is 6.92 Å². The average Bonchev–Trinajstić information content (AvgIpc) is 3.22. The second kappa shape index (κ2) is 9.68. The molecular weight excluding hydrogens is 442 g/mol. The molecule has 1 aromatic carbocycles. The summed E-state index contributed by atoms with van der Waals surface area (Å²) in [6, 6.07) is 5.62. The molecule has 3 aromatic rings. The summed E-state index contributed by atoms with van der Waals surface area (Å²) in [6.07, 6.45) is 8.49. The molecule has 1 atom stereocenters. The van der Waals surface area contributed by atoms with E-state index in [1.165, 1.54) is 6.42 Å². The molecule has 0 aliphatic heterocycles. The predicted octanol–water partition coefficient (Wildman–Crippen LogP) is 4.56. The summed E-state index contributed by atoms with van der Waals surface area (Å²) in [6.45, 7) is 9.40. The maximum absolute atomic E-state index is 13.3. The lowest BCUT2D eigenvalue weighted by molar-refractivity contribution is 0.0917. The third-order valence-electron chi connectivity index (χ3n) is 6.43. The molecule has 0 saturated heterocycles. The van der Waals surface area contributed by atoms with Crippen LogP contribution < -0.4 is 16.1 Å². The highest BCUT2D eigenvalue weighted by Gasteiger charge is 2.26. The van der Waals surface area contributed by atoms with Crippen LogP contribution >= 0.6 is 0 Å². The van der Waals surface area contributed by atoms with Crippen LogP contribution in [-0.2, 0) is 0 Å². The number of nitrogens with zero attached hydrogens (tertiary/aromatic N) is 2. The molecule has 1 saturated carbocycles. The van der Waals surface area contributed by atoms with Gasteiger partial charge in [-0.1, -0.05) is 25.3 Å². The van der Waals surface area contributed by atoms with Gasteiger partial charge in [-0.05, 0) is 65.2 Å². The Balaban J connectivity index is 1.66. The molecule has 186 valence electrons. The van der Waals surface area contributed by atoms with Crippen LogP contribution in [0.5, 0.6) is 0 Å². The van der Waals surface area contributed by atoms with E-state index < -0.39 is 28.8 Å². The van der Waals surface area contributed by atoms with Crippen molar-refractivity contribution in [2.24, 2.45) is 0 Å². The number of H-pyrrole nitrogens is 1. The summed E-state index contributed by atoms with van der Waals surface area (Å²) in [5, 5.41) is 5.76. The average molecular weight is 478 g/mol. The van der Waals surface area contributed by atoms with Gasteiger partial charge < -0.3 is 20.2 Å². The smallest absolute Gasteiger partial charge is 0.257 e. The lowest BCUT2D eigenvalue weighted by Gasteiger charge is -2.26. The molecule has 0 bridgehead atoms. The maximum atomic E-state index is 13.3. The molecule has 8 nitrogen and oxygen atoms in total. The van der Waals surface area contributed by atoms with E-state index in [1.807, 2.05) is 57.4 Å². The van der Waals surface area contributed by atoms with Crippen molar-refractivity contribution >= 4 is 22.8 Å². The minimum Gasteiger partial charge on any atom is -0.349 e. The monoisotopic (exact) mass is 477 g/mol. The number of carbonyl (C=O) groups is 2. The zero-order valence-electron chi connectivity index (χ0n) is 21.2. The van der Waals surface area contributed by atoms with Crippen LogP contribution in [0.15, 0.2) is 35.4 Å². The molecule has 2 heterocycles. The number of hydrogen-bond acceptors (Lipinski definition) is 4. The number of imidazole rings is 1. The zero-order valence-corrected chi connectivity index (χ0v) is 21.2. The van der Waals surface area contributed by atoms with Gasteiger partial charge in [0.25, 0.3) is 11.8 Å². The van der Waals surface area contributed by atoms with Crippen LogP contribution in [0.3, 0.4) is 0 Å². The summed E-state index contributed by atoms with van der Waals surface area (Å²) < 4.78 is 1.89. The van der Waals surface area contributed by atoms with Gasteiger partial charge in [0.1, 0.15) is 17.0 Å². The van der Waals surface area contributed by atoms with Crippen molar-refractivity contribution in [1.29, 1.82) is 0 Å². The Hall–Kier alpha value is -3.42. The van der Waals surface area contributed by atoms with E-state index in [4.69, 9.17) is 0 Å². The van der Waals surface area contributed by atoms with E-state index in [-0.39, 0.29) is 17.2 Å². The Kier molecular flexibility index (Phi) is 6.83. The van der Waals surface area contributed by atoms with E-state index >= 15 is 0 Å². The molecule has 0 spiro atoms. The largest absolute Gasteiger partial charge is 0.349 e. The lowest BCUT2D eigenvalue weighted by atomic mass is 9.95. The number of fused-ring (bicyclic) bond motifs is 1. The zero-order chi connectivity index (χ0) is 25.3. The molecule has 0 radical (unpaired) electrons. The topological polar surface area (TPSA) is 109 Å². The quantitative estimate of drug-likeness (QED) is 0.501. The molecule has 1 aliphatic rings. The van der Waals surface area contributed by atoms with Gasteiger partial charge >= 0.3 is 0 Å². The van der Waals surface area contributed by atoms with Crippen LogP contribution in [0.1, 0.15) is 104 Å². The third-order valence-corrected chi connectivity index (χ3v) is 6.43. The SMILES string of the molecule is Cc1ccc2nc(C(C)NC(=O)c3cn(C4CCCCC4)cc(C(=O)NC(C)(C)C)c3=O)[nH]c2c1. The molecule has 35 heavy (non-hydrogen) atoms. The maximum Gasteiger partial charge on any atom is 0.257 e. The van der Waals surface area contributed by atoms with Crippen molar-refractivity contribution in [3.8, 4) is 0 Å². The van der Waals surface area contributed by atoms with Crippen molar-refractivity contribution in [3.05, 3.63) is 63.3 Å². The summed E-state index contributed by atoms with van der Waals surface area (Å²) in [5.74, 6) is -0.385. The van der Waals surface area contributed by atoms with E-state index in [1.54, 1.807) is 12.4 Å². The number of nitrogens with one attached hydrogen (secondary N) is 3. The minimum atomic E-state index is -0.566. The van der Waals surface area contributed by atoms with Crippen LogP contribution in [0.25, 0.3) is 11.0 Å². The highest BCUT2D eigenvalue weighted by atomic mass is 16.2. The number of aryl methyl sites for hydroxylation is 1. The number of amides is 2. The van der Waals surface area contributed by atoms with Gasteiger partial charge in [-0.25, -0.2) is 4.98 Å². The first-order chi connectivity index (χ1) is 16.5. The number of pyridine rings is 1. The van der Waals surface area contributed by atoms with E-state index in [2.05, 4.69) is 20.6 Å².